The van der Waals surface area contributed by atoms with E-state index in [4.69, 9.17) is 0 Å². The Morgan fingerprint density at radius 2 is 1.87 bits per heavy atom. The van der Waals surface area contributed by atoms with Crippen molar-refractivity contribution in [2.24, 2.45) is 0 Å². The lowest BCUT2D eigenvalue weighted by Gasteiger charge is -2.35. The first-order valence-electron chi connectivity index (χ1n) is 8.54. The molecule has 1 saturated heterocycles. The number of aryl methyl sites for hydroxylation is 2. The zero-order valence-electron chi connectivity index (χ0n) is 13.8. The van der Waals surface area contributed by atoms with Crippen molar-refractivity contribution in [3.8, 4) is 0 Å². The molecule has 23 heavy (non-hydrogen) atoms. The number of nitrogens with zero attached hydrogens (tertiary/aromatic N) is 1. The number of fused-ring (bicyclic) bond motifs is 1. The lowest BCUT2D eigenvalue weighted by Crippen LogP contribution is -2.47. The summed E-state index contributed by atoms with van der Waals surface area (Å²) in [5.74, 6) is 0.0654. The average Bonchev–Trinajstić information content (AvgIpc) is 2.53. The van der Waals surface area contributed by atoms with E-state index in [1.54, 1.807) is 4.90 Å². The molecule has 0 spiro atoms. The summed E-state index contributed by atoms with van der Waals surface area (Å²) in [6.45, 7) is 0.663. The molecule has 1 aromatic carbocycles. The Bertz CT molecular complexity index is 696. The number of hydrogen-bond donors (Lipinski definition) is 0. The van der Waals surface area contributed by atoms with Crippen molar-refractivity contribution in [1.29, 1.82) is 0 Å². The highest BCUT2D eigenvalue weighted by atomic mass is 32.2. The molecule has 1 heterocycles. The smallest absolute Gasteiger partial charge is 0.254 e. The monoisotopic (exact) mass is 335 g/mol. The van der Waals surface area contributed by atoms with Crippen molar-refractivity contribution < 1.29 is 13.2 Å². The molecule has 5 heteroatoms. The topological polar surface area (TPSA) is 54.5 Å². The molecule has 1 atom stereocenters. The molecule has 0 radical (unpaired) electrons. The molecule has 0 saturated carbocycles. The van der Waals surface area contributed by atoms with E-state index in [0.717, 1.165) is 32.1 Å². The van der Waals surface area contributed by atoms with Gasteiger partial charge >= 0.3 is 0 Å². The Balaban J connectivity index is 1.82. The maximum Gasteiger partial charge on any atom is 0.254 e. The molecule has 0 bridgehead atoms. The Morgan fingerprint density at radius 3 is 2.61 bits per heavy atom. The molecular weight excluding hydrogens is 310 g/mol. The fraction of sp³-hybridized carbons (Fsp3) is 0.611. The lowest BCUT2D eigenvalue weighted by atomic mass is 9.90. The van der Waals surface area contributed by atoms with Gasteiger partial charge in [-0.2, -0.15) is 0 Å². The average molecular weight is 335 g/mol. The van der Waals surface area contributed by atoms with E-state index in [9.17, 15) is 13.2 Å². The zero-order valence-corrected chi connectivity index (χ0v) is 14.6. The molecule has 1 fully saturated rings. The number of piperidine rings is 1. The maximum atomic E-state index is 12.9. The highest BCUT2D eigenvalue weighted by Crippen LogP contribution is 2.25. The minimum atomic E-state index is -3.08. The maximum absolute atomic E-state index is 12.9. The van der Waals surface area contributed by atoms with Gasteiger partial charge in [0.05, 0.1) is 5.75 Å². The van der Waals surface area contributed by atoms with Gasteiger partial charge in [-0.25, -0.2) is 8.42 Å². The van der Waals surface area contributed by atoms with Crippen LogP contribution in [0.5, 0.6) is 0 Å². The summed E-state index contributed by atoms with van der Waals surface area (Å²) >= 11 is 0. The third kappa shape index (κ3) is 3.94. The Hall–Kier alpha value is -1.36. The van der Waals surface area contributed by atoms with E-state index >= 15 is 0 Å². The standard InChI is InChI=1S/C18H25NO3S/c1-23(21,22)13-17-8-4-5-11-19(17)18(20)16-10-9-14-6-2-3-7-15(14)12-16/h9-10,12,17H,2-8,11,13H2,1H3. The van der Waals surface area contributed by atoms with E-state index in [-0.39, 0.29) is 17.7 Å². The predicted octanol–water partition coefficient (Wildman–Crippen LogP) is 2.60. The van der Waals surface area contributed by atoms with Gasteiger partial charge in [0.2, 0.25) is 0 Å². The van der Waals surface area contributed by atoms with Crippen LogP contribution in [-0.4, -0.2) is 43.8 Å². The largest absolute Gasteiger partial charge is 0.335 e. The Morgan fingerprint density at radius 1 is 1.13 bits per heavy atom. The van der Waals surface area contributed by atoms with Gasteiger partial charge in [0.25, 0.3) is 5.91 Å². The minimum absolute atomic E-state index is 0.00766. The van der Waals surface area contributed by atoms with Gasteiger partial charge in [-0.05, 0) is 68.2 Å². The molecule has 2 aliphatic rings. The molecular formula is C18H25NO3S. The highest BCUT2D eigenvalue weighted by molar-refractivity contribution is 7.90. The molecule has 126 valence electrons. The third-order valence-corrected chi connectivity index (χ3v) is 5.97. The number of amides is 1. The van der Waals surface area contributed by atoms with E-state index in [1.807, 2.05) is 12.1 Å². The third-order valence-electron chi connectivity index (χ3n) is 4.98. The molecule has 0 N–H and O–H groups in total. The van der Waals surface area contributed by atoms with Gasteiger partial charge < -0.3 is 4.90 Å². The number of carbonyl (C=O) groups excluding carboxylic acids is 1. The van der Waals surface area contributed by atoms with Crippen LogP contribution < -0.4 is 0 Å². The summed E-state index contributed by atoms with van der Waals surface area (Å²) in [6, 6.07) is 5.85. The number of likely N-dealkylation sites (tertiary alicyclic amines) is 1. The van der Waals surface area contributed by atoms with Crippen LogP contribution in [0.4, 0.5) is 0 Å². The molecule has 1 amide bonds. The van der Waals surface area contributed by atoms with Gasteiger partial charge in [-0.1, -0.05) is 6.07 Å². The van der Waals surface area contributed by atoms with Crippen molar-refractivity contribution in [3.05, 3.63) is 34.9 Å². The fourth-order valence-corrected chi connectivity index (χ4v) is 4.87. The number of rotatable bonds is 3. The first-order chi connectivity index (χ1) is 10.9. The minimum Gasteiger partial charge on any atom is -0.335 e. The lowest BCUT2D eigenvalue weighted by molar-refractivity contribution is 0.0639. The van der Waals surface area contributed by atoms with Gasteiger partial charge in [-0.3, -0.25) is 4.79 Å². The van der Waals surface area contributed by atoms with Crippen LogP contribution in [0.3, 0.4) is 0 Å². The molecule has 1 unspecified atom stereocenters. The molecule has 0 aromatic heterocycles. The Labute approximate surface area is 138 Å². The van der Waals surface area contributed by atoms with Crippen molar-refractivity contribution >= 4 is 15.7 Å². The molecule has 1 aromatic rings. The summed E-state index contributed by atoms with van der Waals surface area (Å²) < 4.78 is 23.3. The number of sulfone groups is 1. The predicted molar refractivity (Wildman–Crippen MR) is 91.5 cm³/mol. The summed E-state index contributed by atoms with van der Waals surface area (Å²) in [6.07, 6.45) is 8.54. The molecule has 1 aliphatic heterocycles. The van der Waals surface area contributed by atoms with Crippen LogP contribution in [0.25, 0.3) is 0 Å². The second-order valence-electron chi connectivity index (χ2n) is 6.93. The summed E-state index contributed by atoms with van der Waals surface area (Å²) in [7, 11) is -3.08. The van der Waals surface area contributed by atoms with Crippen molar-refractivity contribution in [3.63, 3.8) is 0 Å². The van der Waals surface area contributed by atoms with Crippen LogP contribution in [0.2, 0.25) is 0 Å². The second-order valence-corrected chi connectivity index (χ2v) is 9.12. The first kappa shape index (κ1) is 16.5. The summed E-state index contributed by atoms with van der Waals surface area (Å²) in [4.78, 5) is 14.7. The fourth-order valence-electron chi connectivity index (χ4n) is 3.82. The van der Waals surface area contributed by atoms with E-state index in [2.05, 4.69) is 6.07 Å². The van der Waals surface area contributed by atoms with Crippen molar-refractivity contribution in [2.45, 2.75) is 51.0 Å². The van der Waals surface area contributed by atoms with Gasteiger partial charge in [0.1, 0.15) is 9.84 Å². The summed E-state index contributed by atoms with van der Waals surface area (Å²) in [5.41, 5.74) is 3.36. The van der Waals surface area contributed by atoms with Gasteiger partial charge in [0.15, 0.2) is 0 Å². The normalized spacial score (nSPS) is 21.8. The number of hydrogen-bond acceptors (Lipinski definition) is 3. The van der Waals surface area contributed by atoms with Crippen LogP contribution in [0, 0.1) is 0 Å². The molecule has 4 nitrogen and oxygen atoms in total. The number of carbonyl (C=O) groups is 1. The summed E-state index contributed by atoms with van der Waals surface area (Å²) in [5, 5.41) is 0. The quantitative estimate of drug-likeness (QED) is 0.853. The van der Waals surface area contributed by atoms with E-state index in [0.29, 0.717) is 12.1 Å². The van der Waals surface area contributed by atoms with Crippen molar-refractivity contribution in [2.75, 3.05) is 18.6 Å². The number of benzene rings is 1. The van der Waals surface area contributed by atoms with Crippen LogP contribution in [-0.2, 0) is 22.7 Å². The Kier molecular flexibility index (Phi) is 4.76. The van der Waals surface area contributed by atoms with Crippen LogP contribution in [0.1, 0.15) is 53.6 Å². The van der Waals surface area contributed by atoms with Gasteiger partial charge in [0, 0.05) is 24.4 Å². The van der Waals surface area contributed by atoms with Crippen LogP contribution >= 0.6 is 0 Å². The highest BCUT2D eigenvalue weighted by Gasteiger charge is 2.30. The van der Waals surface area contributed by atoms with Crippen LogP contribution in [0.15, 0.2) is 18.2 Å². The zero-order chi connectivity index (χ0) is 16.4. The molecule has 1 aliphatic carbocycles. The van der Waals surface area contributed by atoms with E-state index < -0.39 is 9.84 Å². The molecule has 3 rings (SSSR count). The van der Waals surface area contributed by atoms with Gasteiger partial charge in [-0.15, -0.1) is 0 Å². The first-order valence-corrected chi connectivity index (χ1v) is 10.6. The SMILES string of the molecule is CS(=O)(=O)CC1CCCCN1C(=O)c1ccc2c(c1)CCCC2. The van der Waals surface area contributed by atoms with E-state index in [1.165, 1.54) is 30.2 Å². The van der Waals surface area contributed by atoms with Crippen molar-refractivity contribution in [1.82, 2.24) is 4.90 Å². The second kappa shape index (κ2) is 6.63.